The average molecular weight is 1060 g/mol. The van der Waals surface area contributed by atoms with Gasteiger partial charge in [0, 0.05) is 59.9 Å². The zero-order valence-electron chi connectivity index (χ0n) is 40.2. The van der Waals surface area contributed by atoms with Gasteiger partial charge in [-0.3, -0.25) is 0 Å². The number of halogens is 10. The Balaban J connectivity index is 0.000000162. The standard InChI is InChI=1S/2C26H21F5N4O3/c2*1-25(2,36)23-32-10-13(11-33-23)12-6-7-15-16(8-12)35-17-9-19(22(35)34-15)37-21(26(29,30)31)14-4-3-5-18(20(14)17)38-24(27)28/h2*3-8,10-11,17,19,21,24,36H,9H2,1-2H3/t17-,19-,21+;17-,19-,21-/m11/s1. The first-order valence-electron chi connectivity index (χ1n) is 23.6. The van der Waals surface area contributed by atoms with E-state index in [1.165, 1.54) is 36.4 Å². The molecule has 0 unspecified atom stereocenters. The third-order valence-corrected chi connectivity index (χ3v) is 13.6. The Hall–Kier alpha value is -7.28. The van der Waals surface area contributed by atoms with Crippen LogP contribution >= 0.6 is 0 Å². The molecule has 14 nitrogen and oxygen atoms in total. The topological polar surface area (TPSA) is 165 Å². The van der Waals surface area contributed by atoms with Gasteiger partial charge >= 0.3 is 25.6 Å². The number of nitrogens with zero attached hydrogens (tertiary/aromatic N) is 8. The maximum atomic E-state index is 14.1. The largest absolute Gasteiger partial charge is 0.434 e. The highest BCUT2D eigenvalue weighted by molar-refractivity contribution is 5.84. The number of imidazole rings is 2. The van der Waals surface area contributed by atoms with Crippen LogP contribution in [0.2, 0.25) is 0 Å². The fourth-order valence-electron chi connectivity index (χ4n) is 10.5. The molecule has 4 aromatic carbocycles. The van der Waals surface area contributed by atoms with Gasteiger partial charge in [-0.2, -0.15) is 43.9 Å². The van der Waals surface area contributed by atoms with Crippen LogP contribution in [0.15, 0.2) is 97.6 Å². The minimum Gasteiger partial charge on any atom is -0.434 e. The minimum atomic E-state index is -4.78. The molecule has 0 saturated carbocycles. The van der Waals surface area contributed by atoms with Gasteiger partial charge < -0.3 is 38.3 Å². The Kier molecular flexibility index (Phi) is 12.2. The van der Waals surface area contributed by atoms with Gasteiger partial charge in [0.15, 0.2) is 23.9 Å². The Bertz CT molecular complexity index is 3290. The Morgan fingerprint density at radius 1 is 0.539 bits per heavy atom. The first-order valence-corrected chi connectivity index (χ1v) is 23.6. The van der Waals surface area contributed by atoms with Crippen molar-refractivity contribution in [2.75, 3.05) is 0 Å². The number of hydrogen-bond donors (Lipinski definition) is 2. The van der Waals surface area contributed by atoms with Gasteiger partial charge in [-0.25, -0.2) is 29.9 Å². The van der Waals surface area contributed by atoms with Crippen LogP contribution in [0.25, 0.3) is 44.3 Å². The average Bonchev–Trinajstić information content (AvgIpc) is 4.12. The summed E-state index contributed by atoms with van der Waals surface area (Å²) in [4.78, 5) is 26.1. The molecule has 0 fully saturated rings. The predicted octanol–water partition coefficient (Wildman–Crippen LogP) is 12.0. The second-order valence-corrected chi connectivity index (χ2v) is 19.7. The van der Waals surface area contributed by atoms with Crippen molar-refractivity contribution >= 4 is 22.1 Å². The molecule has 6 atom stereocenters. The highest BCUT2D eigenvalue weighted by Crippen LogP contribution is 2.57. The maximum absolute atomic E-state index is 14.1. The molecule has 396 valence electrons. The summed E-state index contributed by atoms with van der Waals surface area (Å²) in [6.07, 6.45) is -9.80. The summed E-state index contributed by atoms with van der Waals surface area (Å²) in [5.74, 6) is 0.393. The van der Waals surface area contributed by atoms with E-state index in [4.69, 9.17) is 9.47 Å². The first kappa shape index (κ1) is 50.9. The molecule has 24 heteroatoms. The van der Waals surface area contributed by atoms with Crippen LogP contribution in [-0.2, 0) is 20.7 Å². The first-order chi connectivity index (χ1) is 35.8. The molecule has 4 aliphatic heterocycles. The summed E-state index contributed by atoms with van der Waals surface area (Å²) in [5.41, 5.74) is 1.92. The second kappa shape index (κ2) is 18.2. The van der Waals surface area contributed by atoms with Crippen LogP contribution in [0.4, 0.5) is 43.9 Å². The van der Waals surface area contributed by atoms with Crippen LogP contribution in [0.3, 0.4) is 0 Å². The van der Waals surface area contributed by atoms with E-state index in [0.29, 0.717) is 44.3 Å². The van der Waals surface area contributed by atoms with E-state index in [1.54, 1.807) is 98.0 Å². The van der Waals surface area contributed by atoms with E-state index >= 15 is 0 Å². The quantitative estimate of drug-likeness (QED) is 0.139. The molecule has 4 aliphatic rings. The molecular weight excluding hydrogens is 1020 g/mol. The number of fused-ring (bicyclic) bond motifs is 18. The molecule has 2 N–H and O–H groups in total. The van der Waals surface area contributed by atoms with Crippen molar-refractivity contribution in [3.8, 4) is 33.8 Å². The fourth-order valence-corrected chi connectivity index (χ4v) is 10.5. The van der Waals surface area contributed by atoms with E-state index < -0.39 is 73.3 Å². The van der Waals surface area contributed by atoms with E-state index in [1.807, 2.05) is 0 Å². The summed E-state index contributed by atoms with van der Waals surface area (Å²) in [7, 11) is 0. The Morgan fingerprint density at radius 3 is 1.24 bits per heavy atom. The maximum Gasteiger partial charge on any atom is 0.418 e. The van der Waals surface area contributed by atoms with Crippen LogP contribution in [0.1, 0.15) is 123 Å². The molecule has 0 radical (unpaired) electrons. The van der Waals surface area contributed by atoms with Crippen molar-refractivity contribution in [2.45, 2.75) is 114 Å². The third-order valence-electron chi connectivity index (χ3n) is 13.6. The number of hydrogen-bond acceptors (Lipinski definition) is 12. The lowest BCUT2D eigenvalue weighted by Crippen LogP contribution is -2.26. The highest BCUT2D eigenvalue weighted by atomic mass is 19.4. The number of aromatic nitrogens is 8. The number of rotatable bonds is 8. The molecule has 8 heterocycles. The zero-order chi connectivity index (χ0) is 54.0. The number of alkyl halides is 10. The monoisotopic (exact) mass is 1060 g/mol. The number of ether oxygens (including phenoxy) is 4. The minimum absolute atomic E-state index is 0.000980. The van der Waals surface area contributed by atoms with Gasteiger partial charge in [0.1, 0.15) is 46.6 Å². The van der Waals surface area contributed by atoms with Crippen LogP contribution in [0, 0.1) is 0 Å². The van der Waals surface area contributed by atoms with E-state index in [9.17, 15) is 54.1 Å². The molecule has 12 rings (SSSR count). The molecule has 76 heavy (non-hydrogen) atoms. The smallest absolute Gasteiger partial charge is 0.418 e. The normalized spacial score (nSPS) is 20.9. The summed E-state index contributed by atoms with van der Waals surface area (Å²) >= 11 is 0. The summed E-state index contributed by atoms with van der Waals surface area (Å²) < 4.78 is 162. The lowest BCUT2D eigenvalue weighted by Gasteiger charge is -2.27. The van der Waals surface area contributed by atoms with Crippen LogP contribution in [-0.4, -0.2) is 74.8 Å². The summed E-state index contributed by atoms with van der Waals surface area (Å²) in [5, 5.41) is 20.3. The Labute approximate surface area is 423 Å². The molecule has 0 spiro atoms. The lowest BCUT2D eigenvalue weighted by atomic mass is 9.94. The highest BCUT2D eigenvalue weighted by Gasteiger charge is 2.53. The third kappa shape index (κ3) is 9.02. The van der Waals surface area contributed by atoms with Crippen molar-refractivity contribution in [1.29, 1.82) is 0 Å². The van der Waals surface area contributed by atoms with Crippen molar-refractivity contribution in [1.82, 2.24) is 39.0 Å². The molecule has 8 aromatic rings. The second-order valence-electron chi connectivity index (χ2n) is 19.7. The molecule has 4 aromatic heterocycles. The van der Waals surface area contributed by atoms with Crippen molar-refractivity contribution in [3.63, 3.8) is 0 Å². The molecular formula is C52H42F10N8O6. The van der Waals surface area contributed by atoms with E-state index in [0.717, 1.165) is 0 Å². The fraction of sp³-hybridized carbons (Fsp3) is 0.346. The molecule has 0 saturated heterocycles. The van der Waals surface area contributed by atoms with Crippen molar-refractivity contribution in [3.05, 3.63) is 143 Å². The van der Waals surface area contributed by atoms with Crippen LogP contribution < -0.4 is 9.47 Å². The molecule has 0 amide bonds. The SMILES string of the molecule is CC(C)(O)c1ncc(-c2ccc3nc4n(c3c2)[C@@H]2C[C@H]4O[C@@H](C(F)(F)F)c3cccc(OC(F)F)c32)cn1.CC(C)(O)c1ncc(-c2ccc3nc4n(c3c2)[C@@H]2C[C@H]4O[C@H](C(F)(F)F)c3cccc(OC(F)F)c32)cn1. The van der Waals surface area contributed by atoms with E-state index in [-0.39, 0.29) is 69.9 Å². The summed E-state index contributed by atoms with van der Waals surface area (Å²) in [6, 6.07) is 16.5. The van der Waals surface area contributed by atoms with Gasteiger partial charge in [-0.05, 0) is 86.3 Å². The van der Waals surface area contributed by atoms with Crippen molar-refractivity contribution in [2.24, 2.45) is 0 Å². The predicted molar refractivity (Wildman–Crippen MR) is 249 cm³/mol. The Morgan fingerprint density at radius 2 is 0.908 bits per heavy atom. The van der Waals surface area contributed by atoms with E-state index in [2.05, 4.69) is 39.4 Å². The van der Waals surface area contributed by atoms with Crippen LogP contribution in [0.5, 0.6) is 11.5 Å². The molecule has 0 aliphatic carbocycles. The number of aliphatic hydroxyl groups is 2. The van der Waals surface area contributed by atoms with Gasteiger partial charge in [-0.15, -0.1) is 0 Å². The van der Waals surface area contributed by atoms with Gasteiger partial charge in [-0.1, -0.05) is 36.4 Å². The number of benzene rings is 4. The van der Waals surface area contributed by atoms with Gasteiger partial charge in [0.2, 0.25) is 0 Å². The zero-order valence-corrected chi connectivity index (χ0v) is 40.2. The van der Waals surface area contributed by atoms with Gasteiger partial charge in [0.05, 0.1) is 34.2 Å². The lowest BCUT2D eigenvalue weighted by molar-refractivity contribution is -0.237. The van der Waals surface area contributed by atoms with Crippen molar-refractivity contribution < 1.29 is 73.1 Å². The van der Waals surface area contributed by atoms with Gasteiger partial charge in [0.25, 0.3) is 0 Å². The summed E-state index contributed by atoms with van der Waals surface area (Å²) in [6.45, 7) is -0.160. The molecule has 4 bridgehead atoms.